The number of aromatic nitrogens is 2. The maximum Gasteiger partial charge on any atom is 0.227 e. The summed E-state index contributed by atoms with van der Waals surface area (Å²) in [6, 6.07) is 8.73. The van der Waals surface area contributed by atoms with Gasteiger partial charge in [0.15, 0.2) is 0 Å². The summed E-state index contributed by atoms with van der Waals surface area (Å²) >= 11 is 0. The summed E-state index contributed by atoms with van der Waals surface area (Å²) < 4.78 is 13.1. The number of hydrogen-bond acceptors (Lipinski definition) is 6. The summed E-state index contributed by atoms with van der Waals surface area (Å²) in [4.78, 5) is 18.5. The maximum atomic E-state index is 13.1. The van der Waals surface area contributed by atoms with Crippen LogP contribution in [-0.2, 0) is 0 Å². The fourth-order valence-corrected chi connectivity index (χ4v) is 3.52. The molecule has 26 heavy (non-hydrogen) atoms. The summed E-state index contributed by atoms with van der Waals surface area (Å²) in [5, 5.41) is 0. The van der Waals surface area contributed by atoms with Gasteiger partial charge < -0.3 is 19.6 Å². The average molecular weight is 356 g/mol. The molecule has 1 aromatic heterocycles. The zero-order valence-corrected chi connectivity index (χ0v) is 15.2. The normalized spacial score (nSPS) is 19.1. The SMILES string of the molecule is CN1CCN(c2nccc(N3CCN(c4ccc(F)cc4)CC3)n2)CC1. The van der Waals surface area contributed by atoms with E-state index in [0.29, 0.717) is 0 Å². The van der Waals surface area contributed by atoms with Crippen molar-refractivity contribution in [1.82, 2.24) is 14.9 Å². The van der Waals surface area contributed by atoms with Crippen LogP contribution < -0.4 is 14.7 Å². The number of rotatable bonds is 3. The average Bonchev–Trinajstić information content (AvgIpc) is 2.69. The second kappa shape index (κ2) is 7.45. The molecule has 2 aromatic rings. The van der Waals surface area contributed by atoms with Crippen molar-refractivity contribution in [3.63, 3.8) is 0 Å². The lowest BCUT2D eigenvalue weighted by Gasteiger charge is -2.37. The van der Waals surface area contributed by atoms with E-state index in [0.717, 1.165) is 69.8 Å². The summed E-state index contributed by atoms with van der Waals surface area (Å²) in [5.74, 6) is 1.63. The molecule has 2 aliphatic rings. The van der Waals surface area contributed by atoms with Crippen molar-refractivity contribution in [2.45, 2.75) is 0 Å². The molecule has 2 fully saturated rings. The van der Waals surface area contributed by atoms with E-state index in [4.69, 9.17) is 4.98 Å². The Morgan fingerprint density at radius 1 is 0.769 bits per heavy atom. The van der Waals surface area contributed by atoms with Crippen LogP contribution in [0.1, 0.15) is 0 Å². The third-order valence-corrected chi connectivity index (χ3v) is 5.21. The molecule has 0 N–H and O–H groups in total. The molecule has 138 valence electrons. The van der Waals surface area contributed by atoms with Gasteiger partial charge in [-0.05, 0) is 37.4 Å². The van der Waals surface area contributed by atoms with Gasteiger partial charge in [0.2, 0.25) is 5.95 Å². The molecule has 0 atom stereocenters. The van der Waals surface area contributed by atoms with Crippen LogP contribution in [0.15, 0.2) is 36.5 Å². The zero-order valence-electron chi connectivity index (χ0n) is 15.2. The van der Waals surface area contributed by atoms with Crippen molar-refractivity contribution in [2.75, 3.05) is 74.1 Å². The molecule has 1 aromatic carbocycles. The van der Waals surface area contributed by atoms with Crippen molar-refractivity contribution < 1.29 is 4.39 Å². The molecule has 0 unspecified atom stereocenters. The van der Waals surface area contributed by atoms with Crippen LogP contribution in [0, 0.1) is 5.82 Å². The van der Waals surface area contributed by atoms with Gasteiger partial charge in [0, 0.05) is 64.2 Å². The van der Waals surface area contributed by atoms with Gasteiger partial charge in [0.1, 0.15) is 11.6 Å². The van der Waals surface area contributed by atoms with E-state index in [1.165, 1.54) is 12.1 Å². The highest BCUT2D eigenvalue weighted by molar-refractivity contribution is 5.50. The summed E-state index contributed by atoms with van der Waals surface area (Å²) in [7, 11) is 2.15. The van der Waals surface area contributed by atoms with Crippen molar-refractivity contribution >= 4 is 17.5 Å². The quantitative estimate of drug-likeness (QED) is 0.833. The van der Waals surface area contributed by atoms with Gasteiger partial charge in [-0.25, -0.2) is 9.37 Å². The van der Waals surface area contributed by atoms with E-state index >= 15 is 0 Å². The lowest BCUT2D eigenvalue weighted by atomic mass is 10.2. The van der Waals surface area contributed by atoms with Crippen LogP contribution in [0.3, 0.4) is 0 Å². The highest BCUT2D eigenvalue weighted by atomic mass is 19.1. The first-order valence-corrected chi connectivity index (χ1v) is 9.21. The highest BCUT2D eigenvalue weighted by Crippen LogP contribution is 2.21. The first kappa shape index (κ1) is 17.0. The van der Waals surface area contributed by atoms with Crippen LogP contribution in [-0.4, -0.2) is 74.3 Å². The molecular weight excluding hydrogens is 331 g/mol. The van der Waals surface area contributed by atoms with Gasteiger partial charge in [0.25, 0.3) is 0 Å². The number of anilines is 3. The topological polar surface area (TPSA) is 38.7 Å². The standard InChI is InChI=1S/C19H25FN6/c1-23-8-10-26(11-9-23)19-21-7-6-18(22-19)25-14-12-24(13-15-25)17-4-2-16(20)3-5-17/h2-7H,8-15H2,1H3. The van der Waals surface area contributed by atoms with Crippen LogP contribution in [0.2, 0.25) is 0 Å². The van der Waals surface area contributed by atoms with Gasteiger partial charge in [-0.1, -0.05) is 0 Å². The van der Waals surface area contributed by atoms with E-state index in [2.05, 4.69) is 31.6 Å². The van der Waals surface area contributed by atoms with Crippen LogP contribution in [0.25, 0.3) is 0 Å². The van der Waals surface area contributed by atoms with Crippen molar-refractivity contribution in [2.24, 2.45) is 0 Å². The Kier molecular flexibility index (Phi) is 4.88. The molecule has 7 heteroatoms. The predicted octanol–water partition coefficient (Wildman–Crippen LogP) is 1.69. The summed E-state index contributed by atoms with van der Waals surface area (Å²) in [5.41, 5.74) is 1.08. The number of halogens is 1. The van der Waals surface area contributed by atoms with Crippen molar-refractivity contribution in [3.8, 4) is 0 Å². The van der Waals surface area contributed by atoms with E-state index in [1.54, 1.807) is 0 Å². The van der Waals surface area contributed by atoms with Crippen LogP contribution in [0.5, 0.6) is 0 Å². The van der Waals surface area contributed by atoms with Gasteiger partial charge in [0.05, 0.1) is 0 Å². The number of benzene rings is 1. The second-order valence-electron chi connectivity index (χ2n) is 6.96. The molecule has 2 saturated heterocycles. The smallest absolute Gasteiger partial charge is 0.227 e. The molecule has 2 aliphatic heterocycles. The fourth-order valence-electron chi connectivity index (χ4n) is 3.52. The zero-order chi connectivity index (χ0) is 17.9. The van der Waals surface area contributed by atoms with Crippen molar-refractivity contribution in [3.05, 3.63) is 42.3 Å². The lowest BCUT2D eigenvalue weighted by molar-refractivity contribution is 0.311. The Hall–Kier alpha value is -2.41. The number of nitrogens with zero attached hydrogens (tertiary/aromatic N) is 6. The van der Waals surface area contributed by atoms with Crippen molar-refractivity contribution in [1.29, 1.82) is 0 Å². The molecule has 4 rings (SSSR count). The van der Waals surface area contributed by atoms with Gasteiger partial charge in [-0.3, -0.25) is 0 Å². The summed E-state index contributed by atoms with van der Waals surface area (Å²) in [6.45, 7) is 7.64. The maximum absolute atomic E-state index is 13.1. The third-order valence-electron chi connectivity index (χ3n) is 5.21. The minimum atomic E-state index is -0.190. The Morgan fingerprint density at radius 3 is 2.08 bits per heavy atom. The van der Waals surface area contributed by atoms with E-state index in [-0.39, 0.29) is 5.82 Å². The largest absolute Gasteiger partial charge is 0.368 e. The third kappa shape index (κ3) is 3.72. The molecule has 0 aliphatic carbocycles. The van der Waals surface area contributed by atoms with Crippen LogP contribution in [0.4, 0.5) is 21.8 Å². The first-order chi connectivity index (χ1) is 12.7. The Balaban J connectivity index is 1.40. The monoisotopic (exact) mass is 356 g/mol. The van der Waals surface area contributed by atoms with Gasteiger partial charge >= 0.3 is 0 Å². The van der Waals surface area contributed by atoms with Gasteiger partial charge in [-0.2, -0.15) is 4.98 Å². The Labute approximate surface area is 153 Å². The molecular formula is C19H25FN6. The Bertz CT molecular complexity index is 721. The molecule has 0 bridgehead atoms. The number of piperazine rings is 2. The highest BCUT2D eigenvalue weighted by Gasteiger charge is 2.21. The number of likely N-dealkylation sites (N-methyl/N-ethyl adjacent to an activating group) is 1. The second-order valence-corrected chi connectivity index (χ2v) is 6.96. The summed E-state index contributed by atoms with van der Waals surface area (Å²) in [6.07, 6.45) is 1.86. The predicted molar refractivity (Wildman–Crippen MR) is 103 cm³/mol. The molecule has 0 amide bonds. The fraction of sp³-hybridized carbons (Fsp3) is 0.474. The molecule has 0 saturated carbocycles. The van der Waals surface area contributed by atoms with E-state index < -0.39 is 0 Å². The Morgan fingerprint density at radius 2 is 1.38 bits per heavy atom. The van der Waals surface area contributed by atoms with E-state index in [9.17, 15) is 4.39 Å². The lowest BCUT2D eigenvalue weighted by Crippen LogP contribution is -2.47. The van der Waals surface area contributed by atoms with Crippen LogP contribution >= 0.6 is 0 Å². The number of hydrogen-bond donors (Lipinski definition) is 0. The minimum Gasteiger partial charge on any atom is -0.368 e. The van der Waals surface area contributed by atoms with Gasteiger partial charge in [-0.15, -0.1) is 0 Å². The molecule has 0 spiro atoms. The van der Waals surface area contributed by atoms with E-state index in [1.807, 2.05) is 24.4 Å². The molecule has 6 nitrogen and oxygen atoms in total. The minimum absolute atomic E-state index is 0.190. The first-order valence-electron chi connectivity index (χ1n) is 9.21. The molecule has 3 heterocycles. The molecule has 0 radical (unpaired) electrons.